The van der Waals surface area contributed by atoms with Crippen LogP contribution in [0.25, 0.3) is 16.6 Å². The van der Waals surface area contributed by atoms with Gasteiger partial charge in [0.05, 0.1) is 12.1 Å². The Morgan fingerprint density at radius 3 is 2.48 bits per heavy atom. The SMILES string of the molecule is Cc1ccc(F)c2ccn(-c3cccc(N4CCN(C(=O)CN(C)C)CC4)c3)c12. The maximum Gasteiger partial charge on any atom is 0.236 e. The summed E-state index contributed by atoms with van der Waals surface area (Å²) in [5.41, 5.74) is 4.08. The summed E-state index contributed by atoms with van der Waals surface area (Å²) in [6, 6.07) is 13.5. The lowest BCUT2D eigenvalue weighted by molar-refractivity contribution is -0.132. The molecule has 5 nitrogen and oxygen atoms in total. The molecule has 29 heavy (non-hydrogen) atoms. The summed E-state index contributed by atoms with van der Waals surface area (Å²) in [5.74, 6) is -0.0151. The number of rotatable bonds is 4. The fraction of sp³-hybridized carbons (Fsp3) is 0.348. The molecule has 1 aromatic heterocycles. The third-order valence-electron chi connectivity index (χ3n) is 5.55. The van der Waals surface area contributed by atoms with E-state index in [2.05, 4.69) is 17.0 Å². The molecular formula is C23H27FN4O. The zero-order valence-electron chi connectivity index (χ0n) is 17.2. The van der Waals surface area contributed by atoms with Crippen molar-refractivity contribution in [1.82, 2.24) is 14.4 Å². The zero-order chi connectivity index (χ0) is 20.5. The molecule has 6 heteroatoms. The third kappa shape index (κ3) is 3.85. The molecule has 1 aliphatic heterocycles. The number of carbonyl (C=O) groups excluding carboxylic acids is 1. The van der Waals surface area contributed by atoms with Gasteiger partial charge in [-0.05, 0) is 56.9 Å². The van der Waals surface area contributed by atoms with Crippen LogP contribution in [0.5, 0.6) is 0 Å². The van der Waals surface area contributed by atoms with Crippen molar-refractivity contribution in [3.8, 4) is 5.69 Å². The minimum Gasteiger partial charge on any atom is -0.368 e. The van der Waals surface area contributed by atoms with Crippen LogP contribution < -0.4 is 4.90 Å². The molecule has 0 atom stereocenters. The predicted molar refractivity (Wildman–Crippen MR) is 115 cm³/mol. The van der Waals surface area contributed by atoms with E-state index in [1.807, 2.05) is 65.8 Å². The van der Waals surface area contributed by atoms with Gasteiger partial charge < -0.3 is 19.3 Å². The molecule has 1 saturated heterocycles. The van der Waals surface area contributed by atoms with Crippen molar-refractivity contribution >= 4 is 22.5 Å². The largest absolute Gasteiger partial charge is 0.368 e. The Kier molecular flexibility index (Phi) is 5.28. The Balaban J connectivity index is 1.55. The van der Waals surface area contributed by atoms with Crippen LogP contribution >= 0.6 is 0 Å². The second kappa shape index (κ2) is 7.87. The summed E-state index contributed by atoms with van der Waals surface area (Å²) in [6.45, 7) is 5.53. The lowest BCUT2D eigenvalue weighted by atomic mass is 10.1. The molecule has 0 unspecified atom stereocenters. The van der Waals surface area contributed by atoms with E-state index in [4.69, 9.17) is 0 Å². The Hall–Kier alpha value is -2.86. The van der Waals surface area contributed by atoms with E-state index in [1.54, 1.807) is 0 Å². The van der Waals surface area contributed by atoms with E-state index in [0.717, 1.165) is 48.6 Å². The highest BCUT2D eigenvalue weighted by Gasteiger charge is 2.22. The number of hydrogen-bond acceptors (Lipinski definition) is 3. The van der Waals surface area contributed by atoms with Crippen LogP contribution in [0.15, 0.2) is 48.7 Å². The van der Waals surface area contributed by atoms with Gasteiger partial charge in [-0.25, -0.2) is 4.39 Å². The molecule has 1 fully saturated rings. The summed E-state index contributed by atoms with van der Waals surface area (Å²) in [7, 11) is 3.83. The molecule has 3 aromatic rings. The quantitative estimate of drug-likeness (QED) is 0.681. The van der Waals surface area contributed by atoms with Crippen molar-refractivity contribution < 1.29 is 9.18 Å². The molecule has 0 aliphatic carbocycles. The maximum atomic E-state index is 14.2. The number of benzene rings is 2. The first-order valence-electron chi connectivity index (χ1n) is 9.98. The fourth-order valence-corrected chi connectivity index (χ4v) is 4.03. The molecular weight excluding hydrogens is 367 g/mol. The Labute approximate surface area is 170 Å². The second-order valence-electron chi connectivity index (χ2n) is 7.94. The molecule has 2 aromatic carbocycles. The zero-order valence-corrected chi connectivity index (χ0v) is 17.2. The Bertz CT molecular complexity index is 1030. The highest BCUT2D eigenvalue weighted by Crippen LogP contribution is 2.28. The monoisotopic (exact) mass is 394 g/mol. The van der Waals surface area contributed by atoms with Crippen LogP contribution in [0.3, 0.4) is 0 Å². The summed E-state index contributed by atoms with van der Waals surface area (Å²) in [6.07, 6.45) is 1.93. The second-order valence-corrected chi connectivity index (χ2v) is 7.94. The molecule has 0 bridgehead atoms. The molecule has 4 rings (SSSR count). The average Bonchev–Trinajstić information content (AvgIpc) is 3.17. The van der Waals surface area contributed by atoms with E-state index in [0.29, 0.717) is 11.9 Å². The topological polar surface area (TPSA) is 31.7 Å². The fourth-order valence-electron chi connectivity index (χ4n) is 4.03. The van der Waals surface area contributed by atoms with E-state index in [-0.39, 0.29) is 11.7 Å². The molecule has 0 N–H and O–H groups in total. The van der Waals surface area contributed by atoms with Crippen LogP contribution in [0.4, 0.5) is 10.1 Å². The lowest BCUT2D eigenvalue weighted by Gasteiger charge is -2.36. The van der Waals surface area contributed by atoms with Gasteiger partial charge in [0, 0.05) is 49.1 Å². The first-order valence-corrected chi connectivity index (χ1v) is 9.98. The van der Waals surface area contributed by atoms with Gasteiger partial charge in [0.1, 0.15) is 5.82 Å². The van der Waals surface area contributed by atoms with Gasteiger partial charge in [0.15, 0.2) is 0 Å². The van der Waals surface area contributed by atoms with Crippen molar-refractivity contribution in [2.75, 3.05) is 51.7 Å². The maximum absolute atomic E-state index is 14.2. The van der Waals surface area contributed by atoms with Crippen molar-refractivity contribution in [1.29, 1.82) is 0 Å². The van der Waals surface area contributed by atoms with Crippen molar-refractivity contribution in [2.45, 2.75) is 6.92 Å². The number of nitrogens with zero attached hydrogens (tertiary/aromatic N) is 4. The number of likely N-dealkylation sites (N-methyl/N-ethyl adjacent to an activating group) is 1. The van der Waals surface area contributed by atoms with Gasteiger partial charge in [-0.3, -0.25) is 4.79 Å². The summed E-state index contributed by atoms with van der Waals surface area (Å²) >= 11 is 0. The smallest absolute Gasteiger partial charge is 0.236 e. The van der Waals surface area contributed by atoms with Crippen molar-refractivity contribution in [3.63, 3.8) is 0 Å². The number of aryl methyl sites for hydroxylation is 1. The normalized spacial score (nSPS) is 14.8. The minimum absolute atomic E-state index is 0.180. The van der Waals surface area contributed by atoms with Gasteiger partial charge in [-0.2, -0.15) is 0 Å². The first-order chi connectivity index (χ1) is 13.9. The molecule has 0 saturated carbocycles. The highest BCUT2D eigenvalue weighted by molar-refractivity contribution is 5.85. The number of carbonyl (C=O) groups is 1. The number of halogens is 1. The van der Waals surface area contributed by atoms with Crippen LogP contribution in [0.1, 0.15) is 5.56 Å². The molecule has 1 aliphatic rings. The lowest BCUT2D eigenvalue weighted by Crippen LogP contribution is -2.50. The van der Waals surface area contributed by atoms with E-state index in [9.17, 15) is 9.18 Å². The van der Waals surface area contributed by atoms with Gasteiger partial charge in [0.25, 0.3) is 0 Å². The molecule has 0 radical (unpaired) electrons. The van der Waals surface area contributed by atoms with E-state index in [1.165, 1.54) is 6.07 Å². The third-order valence-corrected chi connectivity index (χ3v) is 5.55. The van der Waals surface area contributed by atoms with Gasteiger partial charge in [0.2, 0.25) is 5.91 Å². The standard InChI is InChI=1S/C23H27FN4O/c1-17-7-8-21(24)20-9-10-28(23(17)20)19-6-4-5-18(15-19)26-11-13-27(14-12-26)22(29)16-25(2)3/h4-10,15H,11-14,16H2,1-3H3. The first kappa shape index (κ1) is 19.5. The van der Waals surface area contributed by atoms with Gasteiger partial charge in [-0.1, -0.05) is 12.1 Å². The number of anilines is 1. The number of piperazine rings is 1. The molecule has 152 valence electrons. The van der Waals surface area contributed by atoms with Crippen molar-refractivity contribution in [3.05, 3.63) is 60.0 Å². The van der Waals surface area contributed by atoms with Crippen LogP contribution in [-0.4, -0.2) is 67.1 Å². The van der Waals surface area contributed by atoms with Gasteiger partial charge >= 0.3 is 0 Å². The van der Waals surface area contributed by atoms with E-state index < -0.39 is 0 Å². The predicted octanol–water partition coefficient (Wildman–Crippen LogP) is 3.29. The number of fused-ring (bicyclic) bond motifs is 1. The highest BCUT2D eigenvalue weighted by atomic mass is 19.1. The number of aromatic nitrogens is 1. The van der Waals surface area contributed by atoms with Crippen LogP contribution in [0.2, 0.25) is 0 Å². The Morgan fingerprint density at radius 2 is 1.76 bits per heavy atom. The summed E-state index contributed by atoms with van der Waals surface area (Å²) in [4.78, 5) is 18.4. The molecule has 1 amide bonds. The average molecular weight is 394 g/mol. The summed E-state index contributed by atoms with van der Waals surface area (Å²) < 4.78 is 16.2. The van der Waals surface area contributed by atoms with Crippen LogP contribution in [0, 0.1) is 12.7 Å². The minimum atomic E-state index is -0.195. The molecule has 0 spiro atoms. The number of amides is 1. The Morgan fingerprint density at radius 1 is 1.03 bits per heavy atom. The summed E-state index contributed by atoms with van der Waals surface area (Å²) in [5, 5.41) is 0.642. The number of hydrogen-bond donors (Lipinski definition) is 0. The van der Waals surface area contributed by atoms with Crippen molar-refractivity contribution in [2.24, 2.45) is 0 Å². The van der Waals surface area contributed by atoms with Gasteiger partial charge in [-0.15, -0.1) is 0 Å². The van der Waals surface area contributed by atoms with E-state index >= 15 is 0 Å². The van der Waals surface area contributed by atoms with Crippen LogP contribution in [-0.2, 0) is 4.79 Å². The molecule has 2 heterocycles.